The number of halogens is 1. The number of fused-ring (bicyclic) bond motifs is 1. The number of aromatic nitrogens is 1. The average Bonchev–Trinajstić information content (AvgIpc) is 2.86. The molecule has 1 aliphatic carbocycles. The third-order valence-electron chi connectivity index (χ3n) is 3.35. The van der Waals surface area contributed by atoms with Gasteiger partial charge >= 0.3 is 0 Å². The number of anilines is 1. The molecule has 0 amide bonds. The summed E-state index contributed by atoms with van der Waals surface area (Å²) in [6.45, 7) is 5.31. The molecule has 0 bridgehead atoms. The monoisotopic (exact) mass is 268 g/mol. The number of nitrogens with zero attached hydrogens (tertiary/aromatic N) is 2. The molecule has 0 aliphatic heterocycles. The Labute approximate surface area is 114 Å². The second-order valence-electron chi connectivity index (χ2n) is 4.51. The number of pyridine rings is 1. The Morgan fingerprint density at radius 1 is 1.33 bits per heavy atom. The van der Waals surface area contributed by atoms with Gasteiger partial charge in [0.05, 0.1) is 13.2 Å². The largest absolute Gasteiger partial charge is 0.378 e. The maximum atomic E-state index is 5.58. The summed E-state index contributed by atoms with van der Waals surface area (Å²) in [5, 5.41) is 0. The lowest BCUT2D eigenvalue weighted by molar-refractivity contribution is 0.155. The Balaban J connectivity index is 1.94. The van der Waals surface area contributed by atoms with Crippen LogP contribution >= 0.6 is 11.6 Å². The van der Waals surface area contributed by atoms with Crippen LogP contribution in [-0.2, 0) is 17.6 Å². The zero-order valence-electron chi connectivity index (χ0n) is 11.0. The zero-order valence-corrected chi connectivity index (χ0v) is 11.7. The van der Waals surface area contributed by atoms with Crippen LogP contribution in [0, 0.1) is 0 Å². The van der Waals surface area contributed by atoms with E-state index in [1.54, 1.807) is 0 Å². The first kappa shape index (κ1) is 13.6. The lowest BCUT2D eigenvalue weighted by Gasteiger charge is -2.22. The number of rotatable bonds is 7. The van der Waals surface area contributed by atoms with Crippen molar-refractivity contribution in [3.63, 3.8) is 0 Å². The second-order valence-corrected chi connectivity index (χ2v) is 4.89. The third-order valence-corrected chi connectivity index (χ3v) is 3.50. The van der Waals surface area contributed by atoms with Crippen molar-refractivity contribution in [3.8, 4) is 0 Å². The molecule has 0 N–H and O–H groups in total. The average molecular weight is 269 g/mol. The molecular weight excluding hydrogens is 248 g/mol. The van der Waals surface area contributed by atoms with Gasteiger partial charge in [-0.1, -0.05) is 6.07 Å². The van der Waals surface area contributed by atoms with E-state index in [1.807, 2.05) is 0 Å². The van der Waals surface area contributed by atoms with Gasteiger partial charge in [0, 0.05) is 24.7 Å². The van der Waals surface area contributed by atoms with Crippen molar-refractivity contribution in [2.45, 2.75) is 26.2 Å². The van der Waals surface area contributed by atoms with Crippen molar-refractivity contribution in [2.75, 3.05) is 37.1 Å². The van der Waals surface area contributed by atoms with E-state index in [0.717, 1.165) is 25.3 Å². The van der Waals surface area contributed by atoms with Crippen LogP contribution in [0.4, 0.5) is 5.82 Å². The number of hydrogen-bond donors (Lipinski definition) is 0. The number of hydrogen-bond acceptors (Lipinski definition) is 3. The normalized spacial score (nSPS) is 13.7. The van der Waals surface area contributed by atoms with Gasteiger partial charge in [0.25, 0.3) is 0 Å². The van der Waals surface area contributed by atoms with E-state index in [0.29, 0.717) is 19.1 Å². The SMILES string of the molecule is CCN(CCOCCCl)c1ccc2c(n1)CCC2. The molecule has 18 heavy (non-hydrogen) atoms. The summed E-state index contributed by atoms with van der Waals surface area (Å²) in [4.78, 5) is 7.02. The first-order valence-electron chi connectivity index (χ1n) is 6.72. The molecule has 1 aromatic rings. The van der Waals surface area contributed by atoms with Crippen LogP contribution in [0.15, 0.2) is 12.1 Å². The molecule has 1 heterocycles. The summed E-state index contributed by atoms with van der Waals surface area (Å²) in [5.74, 6) is 1.64. The van der Waals surface area contributed by atoms with E-state index in [4.69, 9.17) is 21.3 Å². The maximum Gasteiger partial charge on any atom is 0.128 e. The van der Waals surface area contributed by atoms with Crippen LogP contribution < -0.4 is 4.90 Å². The summed E-state index contributed by atoms with van der Waals surface area (Å²) < 4.78 is 5.43. The molecule has 0 radical (unpaired) electrons. The molecule has 3 nitrogen and oxygen atoms in total. The zero-order chi connectivity index (χ0) is 12.8. The van der Waals surface area contributed by atoms with E-state index in [1.165, 1.54) is 24.1 Å². The van der Waals surface area contributed by atoms with E-state index >= 15 is 0 Å². The van der Waals surface area contributed by atoms with Crippen LogP contribution in [0.1, 0.15) is 24.6 Å². The molecule has 0 atom stereocenters. The Bertz CT molecular complexity index is 384. The first-order chi connectivity index (χ1) is 8.85. The molecule has 0 aromatic carbocycles. The summed E-state index contributed by atoms with van der Waals surface area (Å²) >= 11 is 5.58. The van der Waals surface area contributed by atoms with Crippen LogP contribution in [-0.4, -0.2) is 37.2 Å². The highest BCUT2D eigenvalue weighted by atomic mass is 35.5. The lowest BCUT2D eigenvalue weighted by Crippen LogP contribution is -2.28. The summed E-state index contributed by atoms with van der Waals surface area (Å²) in [6.07, 6.45) is 3.56. The second kappa shape index (κ2) is 6.95. The molecule has 4 heteroatoms. The fourth-order valence-electron chi connectivity index (χ4n) is 2.35. The van der Waals surface area contributed by atoms with Crippen LogP contribution in [0.2, 0.25) is 0 Å². The number of ether oxygens (including phenoxy) is 1. The van der Waals surface area contributed by atoms with Gasteiger partial charge in [-0.25, -0.2) is 4.98 Å². The fourth-order valence-corrected chi connectivity index (χ4v) is 2.46. The van der Waals surface area contributed by atoms with E-state index in [9.17, 15) is 0 Å². The van der Waals surface area contributed by atoms with Crippen molar-refractivity contribution >= 4 is 17.4 Å². The van der Waals surface area contributed by atoms with Crippen molar-refractivity contribution < 1.29 is 4.74 Å². The van der Waals surface area contributed by atoms with E-state index < -0.39 is 0 Å². The van der Waals surface area contributed by atoms with E-state index in [-0.39, 0.29) is 0 Å². The Morgan fingerprint density at radius 2 is 2.22 bits per heavy atom. The molecule has 0 spiro atoms. The third kappa shape index (κ3) is 3.36. The van der Waals surface area contributed by atoms with Crippen molar-refractivity contribution in [1.82, 2.24) is 4.98 Å². The van der Waals surface area contributed by atoms with Gasteiger partial charge in [0.15, 0.2) is 0 Å². The minimum Gasteiger partial charge on any atom is -0.378 e. The molecule has 0 saturated heterocycles. The predicted molar refractivity (Wildman–Crippen MR) is 75.7 cm³/mol. The van der Waals surface area contributed by atoms with Crippen LogP contribution in [0.3, 0.4) is 0 Å². The Kier molecular flexibility index (Phi) is 5.26. The molecule has 0 fully saturated rings. The number of alkyl halides is 1. The molecule has 0 unspecified atom stereocenters. The molecule has 100 valence electrons. The first-order valence-corrected chi connectivity index (χ1v) is 7.26. The number of likely N-dealkylation sites (N-methyl/N-ethyl adjacent to an activating group) is 1. The summed E-state index contributed by atoms with van der Waals surface area (Å²) in [5.41, 5.74) is 2.71. The smallest absolute Gasteiger partial charge is 0.128 e. The van der Waals surface area contributed by atoms with Crippen molar-refractivity contribution in [1.29, 1.82) is 0 Å². The fraction of sp³-hybridized carbons (Fsp3) is 0.643. The van der Waals surface area contributed by atoms with Gasteiger partial charge in [-0.05, 0) is 37.8 Å². The number of aryl methyl sites for hydroxylation is 2. The van der Waals surface area contributed by atoms with Crippen LogP contribution in [0.25, 0.3) is 0 Å². The van der Waals surface area contributed by atoms with Gasteiger partial charge in [0.1, 0.15) is 5.82 Å². The van der Waals surface area contributed by atoms with Gasteiger partial charge < -0.3 is 9.64 Å². The quantitative estimate of drug-likeness (QED) is 0.562. The standard InChI is InChI=1S/C14H21ClN2O/c1-2-17(9-11-18-10-8-15)14-7-6-12-4-3-5-13(12)16-14/h6-7H,2-5,8-11H2,1H3. The molecular formula is C14H21ClN2O. The maximum absolute atomic E-state index is 5.58. The molecule has 2 rings (SSSR count). The highest BCUT2D eigenvalue weighted by Crippen LogP contribution is 2.23. The van der Waals surface area contributed by atoms with Gasteiger partial charge in [-0.15, -0.1) is 11.6 Å². The lowest BCUT2D eigenvalue weighted by atomic mass is 10.2. The molecule has 0 saturated carbocycles. The van der Waals surface area contributed by atoms with Crippen LogP contribution in [0.5, 0.6) is 0 Å². The molecule has 1 aliphatic rings. The minimum atomic E-state index is 0.559. The summed E-state index contributed by atoms with van der Waals surface area (Å²) in [7, 11) is 0. The Morgan fingerprint density at radius 3 is 3.00 bits per heavy atom. The van der Waals surface area contributed by atoms with Crippen molar-refractivity contribution in [3.05, 3.63) is 23.4 Å². The van der Waals surface area contributed by atoms with Gasteiger partial charge in [-0.2, -0.15) is 0 Å². The Hall–Kier alpha value is -0.800. The van der Waals surface area contributed by atoms with E-state index in [2.05, 4.69) is 24.0 Å². The highest BCUT2D eigenvalue weighted by Gasteiger charge is 2.14. The molecule has 1 aromatic heterocycles. The topological polar surface area (TPSA) is 25.4 Å². The summed E-state index contributed by atoms with van der Waals surface area (Å²) in [6, 6.07) is 4.36. The van der Waals surface area contributed by atoms with Gasteiger partial charge in [0.2, 0.25) is 0 Å². The van der Waals surface area contributed by atoms with Crippen molar-refractivity contribution in [2.24, 2.45) is 0 Å². The van der Waals surface area contributed by atoms with Gasteiger partial charge in [-0.3, -0.25) is 0 Å². The highest BCUT2D eigenvalue weighted by molar-refractivity contribution is 6.17. The minimum absolute atomic E-state index is 0.559. The predicted octanol–water partition coefficient (Wildman–Crippen LogP) is 2.65.